The summed E-state index contributed by atoms with van der Waals surface area (Å²) >= 11 is 5.25. The van der Waals surface area contributed by atoms with E-state index >= 15 is 0 Å². The number of hydrogen-bond donors (Lipinski definition) is 1. The molecule has 1 N–H and O–H groups in total. The third-order valence-corrected chi connectivity index (χ3v) is 5.37. The quantitative estimate of drug-likeness (QED) is 0.616. The number of alkyl halides is 3. The van der Waals surface area contributed by atoms with Crippen molar-refractivity contribution in [1.82, 2.24) is 14.5 Å². The second kappa shape index (κ2) is 7.84. The van der Waals surface area contributed by atoms with Gasteiger partial charge in [0.15, 0.2) is 4.77 Å². The van der Waals surface area contributed by atoms with Crippen LogP contribution in [0.4, 0.5) is 13.2 Å². The Morgan fingerprint density at radius 3 is 2.80 bits per heavy atom. The molecular weight excluding hydrogens is 419 g/mol. The topological polar surface area (TPSA) is 69.1 Å². The van der Waals surface area contributed by atoms with Crippen LogP contribution < -0.4 is 10.3 Å². The lowest BCUT2D eigenvalue weighted by Crippen LogP contribution is -2.24. The van der Waals surface area contributed by atoms with E-state index in [-0.39, 0.29) is 28.8 Å². The molecule has 3 heterocycles. The number of para-hydroxylation sites is 1. The van der Waals surface area contributed by atoms with Crippen LogP contribution in [0.25, 0.3) is 22.3 Å². The summed E-state index contributed by atoms with van der Waals surface area (Å²) in [5, 5.41) is -0.548. The van der Waals surface area contributed by atoms with Crippen molar-refractivity contribution in [3.05, 3.63) is 51.0 Å². The average Bonchev–Trinajstić information content (AvgIpc) is 3.22. The predicted molar refractivity (Wildman–Crippen MR) is 107 cm³/mol. The molecule has 0 spiro atoms. The van der Waals surface area contributed by atoms with Crippen LogP contribution in [0, 0.1) is 4.77 Å². The third kappa shape index (κ3) is 3.72. The molecule has 10 heteroatoms. The number of benzene rings is 1. The fourth-order valence-corrected chi connectivity index (χ4v) is 3.91. The normalized spacial score (nSPS) is 16.9. The van der Waals surface area contributed by atoms with E-state index in [4.69, 9.17) is 21.7 Å². The fraction of sp³-hybridized carbons (Fsp3) is 0.350. The first-order chi connectivity index (χ1) is 14.3. The number of nitrogens with zero attached hydrogens (tertiary/aromatic N) is 2. The van der Waals surface area contributed by atoms with Crippen LogP contribution in [0.1, 0.15) is 18.4 Å². The van der Waals surface area contributed by atoms with Crippen molar-refractivity contribution in [2.75, 3.05) is 13.7 Å². The summed E-state index contributed by atoms with van der Waals surface area (Å²) in [5.74, 6) is 0.367. The second-order valence-corrected chi connectivity index (χ2v) is 7.34. The molecule has 1 aromatic carbocycles. The van der Waals surface area contributed by atoms with Crippen molar-refractivity contribution < 1.29 is 22.6 Å². The molecule has 0 unspecified atom stereocenters. The molecule has 30 heavy (non-hydrogen) atoms. The minimum absolute atomic E-state index is 0.000742. The number of pyridine rings is 1. The number of rotatable bonds is 4. The number of fused-ring (bicyclic) bond motifs is 1. The van der Waals surface area contributed by atoms with E-state index in [0.29, 0.717) is 17.9 Å². The monoisotopic (exact) mass is 437 g/mol. The Morgan fingerprint density at radius 1 is 1.37 bits per heavy atom. The summed E-state index contributed by atoms with van der Waals surface area (Å²) in [6.07, 6.45) is -3.37. The van der Waals surface area contributed by atoms with Gasteiger partial charge in [-0.15, -0.1) is 0 Å². The van der Waals surface area contributed by atoms with Crippen molar-refractivity contribution in [1.29, 1.82) is 0 Å². The molecular formula is C20H18F3N3O3S. The Morgan fingerprint density at radius 2 is 2.13 bits per heavy atom. The fourth-order valence-electron chi connectivity index (χ4n) is 3.65. The van der Waals surface area contributed by atoms with Gasteiger partial charge in [0, 0.05) is 12.2 Å². The van der Waals surface area contributed by atoms with Crippen molar-refractivity contribution in [3.8, 4) is 17.0 Å². The van der Waals surface area contributed by atoms with Crippen molar-refractivity contribution in [3.63, 3.8) is 0 Å². The van der Waals surface area contributed by atoms with Gasteiger partial charge in [0.1, 0.15) is 11.4 Å². The first-order valence-corrected chi connectivity index (χ1v) is 9.70. The number of methoxy groups -OCH3 is 1. The number of ether oxygens (including phenoxy) is 2. The molecule has 6 nitrogen and oxygen atoms in total. The summed E-state index contributed by atoms with van der Waals surface area (Å²) in [7, 11) is 1.42. The van der Waals surface area contributed by atoms with E-state index < -0.39 is 22.7 Å². The molecule has 1 aliphatic heterocycles. The van der Waals surface area contributed by atoms with Crippen LogP contribution in [-0.4, -0.2) is 34.4 Å². The molecule has 1 fully saturated rings. The largest absolute Gasteiger partial charge is 0.496 e. The Hall–Kier alpha value is -2.72. The molecule has 4 rings (SSSR count). The smallest absolute Gasteiger partial charge is 0.417 e. The van der Waals surface area contributed by atoms with Crippen LogP contribution in [0.3, 0.4) is 0 Å². The minimum Gasteiger partial charge on any atom is -0.496 e. The van der Waals surface area contributed by atoms with Gasteiger partial charge >= 0.3 is 6.18 Å². The van der Waals surface area contributed by atoms with Gasteiger partial charge in [0.2, 0.25) is 0 Å². The predicted octanol–water partition coefficient (Wildman–Crippen LogP) is 4.33. The molecule has 2 aromatic heterocycles. The number of halogens is 3. The number of nitrogens with one attached hydrogen (secondary N) is 1. The first kappa shape index (κ1) is 20.5. The SMILES string of the molecule is COc1ccccc1-c1cc(C(F)(F)F)c2c(=O)[nH]c(=S)n(C[C@H]3CCCO3)c2n1. The van der Waals surface area contributed by atoms with Gasteiger partial charge in [-0.3, -0.25) is 14.3 Å². The van der Waals surface area contributed by atoms with E-state index in [0.717, 1.165) is 18.9 Å². The summed E-state index contributed by atoms with van der Waals surface area (Å²) < 4.78 is 54.1. The van der Waals surface area contributed by atoms with Gasteiger partial charge < -0.3 is 9.47 Å². The molecule has 1 aliphatic rings. The zero-order valence-electron chi connectivity index (χ0n) is 16.0. The number of H-pyrrole nitrogens is 1. The Balaban J connectivity index is 2.06. The number of hydrogen-bond acceptors (Lipinski definition) is 5. The van der Waals surface area contributed by atoms with Gasteiger partial charge in [-0.25, -0.2) is 4.98 Å². The Labute approximate surface area is 174 Å². The summed E-state index contributed by atoms with van der Waals surface area (Å²) in [6.45, 7) is 0.777. The van der Waals surface area contributed by atoms with Crippen LogP contribution in [0.15, 0.2) is 35.1 Å². The van der Waals surface area contributed by atoms with E-state index in [1.165, 1.54) is 11.7 Å². The van der Waals surface area contributed by atoms with Crippen LogP contribution in [0.5, 0.6) is 5.75 Å². The molecule has 0 aliphatic carbocycles. The summed E-state index contributed by atoms with van der Waals surface area (Å²) in [6, 6.07) is 7.49. The van der Waals surface area contributed by atoms with Gasteiger partial charge in [-0.05, 0) is 43.3 Å². The Kier molecular flexibility index (Phi) is 5.37. The highest BCUT2D eigenvalue weighted by Crippen LogP contribution is 2.37. The van der Waals surface area contributed by atoms with E-state index in [1.807, 2.05) is 0 Å². The van der Waals surface area contributed by atoms with Crippen LogP contribution in [0.2, 0.25) is 0 Å². The van der Waals surface area contributed by atoms with E-state index in [1.54, 1.807) is 24.3 Å². The molecule has 158 valence electrons. The molecule has 0 amide bonds. The average molecular weight is 437 g/mol. The standard InChI is InChI=1S/C20H18F3N3O3S/c1-28-15-7-3-2-6-12(15)14-9-13(20(21,22)23)16-17(24-14)26(19(30)25-18(16)27)10-11-5-4-8-29-11/h2-3,6-7,9,11H,4-5,8,10H2,1H3,(H,25,27,30)/t11-/m1/s1. The number of aromatic nitrogens is 3. The highest BCUT2D eigenvalue weighted by molar-refractivity contribution is 7.71. The van der Waals surface area contributed by atoms with E-state index in [2.05, 4.69) is 9.97 Å². The first-order valence-electron chi connectivity index (χ1n) is 9.29. The maximum Gasteiger partial charge on any atom is 0.417 e. The second-order valence-electron chi connectivity index (χ2n) is 6.96. The lowest BCUT2D eigenvalue weighted by molar-refractivity contribution is -0.136. The maximum absolute atomic E-state index is 13.9. The zero-order valence-corrected chi connectivity index (χ0v) is 16.8. The van der Waals surface area contributed by atoms with Gasteiger partial charge in [-0.1, -0.05) is 12.1 Å². The molecule has 1 saturated heterocycles. The van der Waals surface area contributed by atoms with Gasteiger partial charge in [-0.2, -0.15) is 13.2 Å². The van der Waals surface area contributed by atoms with Gasteiger partial charge in [0.25, 0.3) is 5.56 Å². The summed E-state index contributed by atoms with van der Waals surface area (Å²) in [5.41, 5.74) is -1.72. The van der Waals surface area contributed by atoms with Crippen LogP contribution >= 0.6 is 12.2 Å². The van der Waals surface area contributed by atoms with Gasteiger partial charge in [0.05, 0.1) is 36.4 Å². The minimum atomic E-state index is -4.77. The number of aromatic amines is 1. The molecule has 3 aromatic rings. The van der Waals surface area contributed by atoms with Crippen LogP contribution in [-0.2, 0) is 17.5 Å². The Bertz CT molecular complexity index is 1210. The lowest BCUT2D eigenvalue weighted by atomic mass is 10.1. The zero-order chi connectivity index (χ0) is 21.5. The molecule has 1 atom stereocenters. The van der Waals surface area contributed by atoms with Crippen molar-refractivity contribution >= 4 is 23.3 Å². The highest BCUT2D eigenvalue weighted by atomic mass is 32.1. The maximum atomic E-state index is 13.9. The summed E-state index contributed by atoms with van der Waals surface area (Å²) in [4.78, 5) is 19.3. The molecule has 0 radical (unpaired) electrons. The third-order valence-electron chi connectivity index (χ3n) is 5.05. The van der Waals surface area contributed by atoms with E-state index in [9.17, 15) is 18.0 Å². The highest BCUT2D eigenvalue weighted by Gasteiger charge is 2.36. The van der Waals surface area contributed by atoms with Crippen molar-refractivity contribution in [2.24, 2.45) is 0 Å². The molecule has 0 bridgehead atoms. The lowest BCUT2D eigenvalue weighted by Gasteiger charge is -2.18. The molecule has 0 saturated carbocycles. The van der Waals surface area contributed by atoms with Crippen molar-refractivity contribution in [2.45, 2.75) is 31.7 Å².